The van der Waals surface area contributed by atoms with E-state index in [0.717, 1.165) is 43.3 Å². The highest BCUT2D eigenvalue weighted by Gasteiger charge is 2.22. The Hall–Kier alpha value is -3.84. The lowest BCUT2D eigenvalue weighted by atomic mass is 10.1. The second-order valence-corrected chi connectivity index (χ2v) is 8.99. The summed E-state index contributed by atoms with van der Waals surface area (Å²) in [7, 11) is 2.12. The molecule has 0 saturated carbocycles. The number of pyridine rings is 2. The van der Waals surface area contributed by atoms with Crippen molar-refractivity contribution in [2.24, 2.45) is 7.05 Å². The van der Waals surface area contributed by atoms with Crippen molar-refractivity contribution in [1.82, 2.24) is 19.0 Å². The molecular weight excluding hydrogens is 479 g/mol. The Balaban J connectivity index is 0.00000267. The van der Waals surface area contributed by atoms with Crippen molar-refractivity contribution in [2.75, 3.05) is 6.54 Å². The summed E-state index contributed by atoms with van der Waals surface area (Å²) < 4.78 is 22.6. The molecule has 6 nitrogen and oxygen atoms in total. The van der Waals surface area contributed by atoms with Gasteiger partial charge >= 0.3 is 0 Å². The molecule has 1 aromatic carbocycles. The fourth-order valence-electron chi connectivity index (χ4n) is 4.93. The molecule has 8 heteroatoms. The molecule has 0 saturated heterocycles. The Morgan fingerprint density at radius 3 is 2.72 bits per heavy atom. The summed E-state index contributed by atoms with van der Waals surface area (Å²) in [4.78, 5) is 19.3. The largest absolute Gasteiger partial charge is 0.487 e. The zero-order valence-electron chi connectivity index (χ0n) is 19.9. The van der Waals surface area contributed by atoms with Gasteiger partial charge in [-0.1, -0.05) is 12.1 Å². The maximum absolute atomic E-state index is 13.0. The van der Waals surface area contributed by atoms with Crippen molar-refractivity contribution in [3.63, 3.8) is 0 Å². The number of halogens is 2. The third kappa shape index (κ3) is 4.31. The summed E-state index contributed by atoms with van der Waals surface area (Å²) in [6.45, 7) is 2.12. The Labute approximate surface area is 214 Å². The highest BCUT2D eigenvalue weighted by atomic mass is 35.5. The third-order valence-corrected chi connectivity index (χ3v) is 6.86. The number of nitrogens with zero attached hydrogens (tertiary/aromatic N) is 4. The van der Waals surface area contributed by atoms with E-state index < -0.39 is 5.82 Å². The van der Waals surface area contributed by atoms with Crippen LogP contribution in [-0.2, 0) is 26.6 Å². The normalized spacial score (nSPS) is 14.5. The van der Waals surface area contributed by atoms with Crippen LogP contribution in [0.25, 0.3) is 16.6 Å². The summed E-state index contributed by atoms with van der Waals surface area (Å²) in [6.07, 6.45) is 11.5. The van der Waals surface area contributed by atoms with Gasteiger partial charge in [0, 0.05) is 54.7 Å². The smallest absolute Gasteiger partial charge is 0.258 e. The molecule has 1 aliphatic heterocycles. The van der Waals surface area contributed by atoms with Gasteiger partial charge in [-0.15, -0.1) is 12.4 Å². The fourth-order valence-corrected chi connectivity index (χ4v) is 4.93. The van der Waals surface area contributed by atoms with Crippen molar-refractivity contribution >= 4 is 23.3 Å². The van der Waals surface area contributed by atoms with Crippen molar-refractivity contribution in [3.8, 4) is 11.4 Å². The number of allylic oxidation sites excluding steroid dienone is 3. The van der Waals surface area contributed by atoms with E-state index in [1.165, 1.54) is 34.5 Å². The molecule has 0 atom stereocenters. The van der Waals surface area contributed by atoms with Crippen LogP contribution in [0.2, 0.25) is 0 Å². The van der Waals surface area contributed by atoms with Crippen LogP contribution in [0.1, 0.15) is 23.4 Å². The number of ether oxygens (including phenoxy) is 1. The number of fused-ring (bicyclic) bond motifs is 3. The lowest BCUT2D eigenvalue weighted by Gasteiger charge is -2.26. The first kappa shape index (κ1) is 23.9. The first-order valence-corrected chi connectivity index (χ1v) is 11.8. The monoisotopic (exact) mass is 504 g/mol. The second-order valence-electron chi connectivity index (χ2n) is 8.99. The summed E-state index contributed by atoms with van der Waals surface area (Å²) in [6, 6.07) is 12.3. The average Bonchev–Trinajstić information content (AvgIpc) is 2.96. The Bertz CT molecular complexity index is 1550. The number of aryl methyl sites for hydroxylation is 1. The zero-order valence-corrected chi connectivity index (χ0v) is 20.7. The number of aromatic nitrogens is 3. The van der Waals surface area contributed by atoms with Gasteiger partial charge in [-0.2, -0.15) is 0 Å². The second kappa shape index (κ2) is 9.66. The van der Waals surface area contributed by atoms with Gasteiger partial charge in [0.2, 0.25) is 0 Å². The molecule has 1 aliphatic carbocycles. The quantitative estimate of drug-likeness (QED) is 0.381. The van der Waals surface area contributed by atoms with E-state index in [9.17, 15) is 9.18 Å². The molecule has 0 bridgehead atoms. The van der Waals surface area contributed by atoms with E-state index in [1.54, 1.807) is 22.9 Å². The maximum atomic E-state index is 13.0. The van der Waals surface area contributed by atoms with Gasteiger partial charge in [0.15, 0.2) is 0 Å². The fraction of sp³-hybridized carbons (Fsp3) is 0.214. The highest BCUT2D eigenvalue weighted by molar-refractivity contribution is 5.87. The standard InChI is InChI=1S/C28H25FN4O2.ClH/c1-31-26-6-3-12-32(21-4-2-5-21)17-25(26)24-10-9-22(14-27(24)31)33-13-11-23(15-28(33)34)35-18-20-8-7-19(29)16-30-20;/h2,4-5,7-11,13-16H,3,6,12,17-18H2,1H3;1H. The number of rotatable bonds is 5. The minimum Gasteiger partial charge on any atom is -0.487 e. The molecular formula is C28H26ClFN4O2. The topological polar surface area (TPSA) is 52.3 Å². The molecule has 0 radical (unpaired) electrons. The van der Waals surface area contributed by atoms with Crippen LogP contribution < -0.4 is 10.3 Å². The van der Waals surface area contributed by atoms with Gasteiger partial charge in [-0.05, 0) is 55.3 Å². The van der Waals surface area contributed by atoms with Crippen molar-refractivity contribution in [3.05, 3.63) is 112 Å². The van der Waals surface area contributed by atoms with Crippen LogP contribution in [0.5, 0.6) is 5.75 Å². The molecule has 3 aromatic heterocycles. The van der Waals surface area contributed by atoms with E-state index in [0.29, 0.717) is 11.4 Å². The SMILES string of the molecule is Cl.Cn1c2c(c3ccc(-n4ccc(OCc5ccc(F)cn5)cc4=O)cc31)CN(C1=CC=C1)CCC2. The lowest BCUT2D eigenvalue weighted by Crippen LogP contribution is -2.23. The van der Waals surface area contributed by atoms with Crippen molar-refractivity contribution < 1.29 is 9.13 Å². The van der Waals surface area contributed by atoms with Gasteiger partial charge in [-0.25, -0.2) is 4.39 Å². The molecule has 0 unspecified atom stereocenters. The molecule has 184 valence electrons. The predicted octanol–water partition coefficient (Wildman–Crippen LogP) is 5.07. The van der Waals surface area contributed by atoms with Crippen LogP contribution in [0, 0.1) is 5.82 Å². The highest BCUT2D eigenvalue weighted by Crippen LogP contribution is 2.33. The summed E-state index contributed by atoms with van der Waals surface area (Å²) in [5.74, 6) is 0.0525. The van der Waals surface area contributed by atoms with E-state index in [1.807, 2.05) is 6.07 Å². The Morgan fingerprint density at radius 1 is 1.14 bits per heavy atom. The number of hydrogen-bond acceptors (Lipinski definition) is 4. The average molecular weight is 505 g/mol. The van der Waals surface area contributed by atoms with Crippen molar-refractivity contribution in [2.45, 2.75) is 26.0 Å². The predicted molar refractivity (Wildman–Crippen MR) is 140 cm³/mol. The van der Waals surface area contributed by atoms with Crippen molar-refractivity contribution in [1.29, 1.82) is 0 Å². The molecule has 6 rings (SSSR count). The maximum Gasteiger partial charge on any atom is 0.258 e. The van der Waals surface area contributed by atoms with E-state index in [2.05, 4.69) is 51.9 Å². The van der Waals surface area contributed by atoms with Crippen LogP contribution in [0.15, 0.2) is 83.6 Å². The summed E-state index contributed by atoms with van der Waals surface area (Å²) in [5, 5.41) is 1.24. The van der Waals surface area contributed by atoms with Crippen LogP contribution in [0.3, 0.4) is 0 Å². The van der Waals surface area contributed by atoms with Crippen LogP contribution in [-0.4, -0.2) is 25.6 Å². The molecule has 4 heterocycles. The zero-order chi connectivity index (χ0) is 23.9. The van der Waals surface area contributed by atoms with E-state index >= 15 is 0 Å². The molecule has 4 aromatic rings. The first-order valence-electron chi connectivity index (χ1n) is 11.8. The van der Waals surface area contributed by atoms with E-state index in [4.69, 9.17) is 4.74 Å². The molecule has 2 aliphatic rings. The Morgan fingerprint density at radius 2 is 2.00 bits per heavy atom. The van der Waals surface area contributed by atoms with Gasteiger partial charge in [0.25, 0.3) is 5.56 Å². The molecule has 0 spiro atoms. The first-order chi connectivity index (χ1) is 17.1. The van der Waals surface area contributed by atoms with Gasteiger partial charge in [0.05, 0.1) is 23.1 Å². The number of benzene rings is 1. The molecule has 0 fully saturated rings. The summed E-state index contributed by atoms with van der Waals surface area (Å²) >= 11 is 0. The van der Waals surface area contributed by atoms with Crippen LogP contribution in [0.4, 0.5) is 4.39 Å². The summed E-state index contributed by atoms with van der Waals surface area (Å²) in [5.41, 5.74) is 6.39. The number of hydrogen-bond donors (Lipinski definition) is 0. The van der Waals surface area contributed by atoms with Crippen LogP contribution >= 0.6 is 12.4 Å². The van der Waals surface area contributed by atoms with Gasteiger partial charge < -0.3 is 14.2 Å². The molecule has 0 amide bonds. The Kier molecular flexibility index (Phi) is 6.41. The minimum absolute atomic E-state index is 0. The van der Waals surface area contributed by atoms with Gasteiger partial charge in [-0.3, -0.25) is 14.3 Å². The van der Waals surface area contributed by atoms with Gasteiger partial charge in [0.1, 0.15) is 18.2 Å². The van der Waals surface area contributed by atoms with E-state index in [-0.39, 0.29) is 24.6 Å². The molecule has 0 N–H and O–H groups in total. The minimum atomic E-state index is -0.395. The molecule has 36 heavy (non-hydrogen) atoms. The third-order valence-electron chi connectivity index (χ3n) is 6.86. The lowest BCUT2D eigenvalue weighted by molar-refractivity contribution is 0.300.